The predicted octanol–water partition coefficient (Wildman–Crippen LogP) is 3.03. The number of halogens is 2. The van der Waals surface area contributed by atoms with E-state index in [1.54, 1.807) is 35.2 Å². The molecule has 1 unspecified atom stereocenters. The van der Waals surface area contributed by atoms with Gasteiger partial charge in [0.05, 0.1) is 17.4 Å². The summed E-state index contributed by atoms with van der Waals surface area (Å²) in [5.41, 5.74) is 2.28. The van der Waals surface area contributed by atoms with E-state index in [1.165, 1.54) is 6.07 Å². The molecule has 0 radical (unpaired) electrons. The minimum Gasteiger partial charge on any atom is -0.315 e. The fourth-order valence-corrected chi connectivity index (χ4v) is 3.67. The van der Waals surface area contributed by atoms with E-state index in [0.717, 1.165) is 25.2 Å². The molecule has 1 amide bonds. The van der Waals surface area contributed by atoms with Gasteiger partial charge >= 0.3 is 0 Å². The Balaban J connectivity index is 1.89. The highest BCUT2D eigenvalue weighted by atomic mass is 35.5. The molecule has 1 fully saturated rings. The second-order valence-electron chi connectivity index (χ2n) is 6.22. The molecule has 6 heteroatoms. The maximum atomic E-state index is 14.4. The van der Waals surface area contributed by atoms with E-state index in [1.807, 2.05) is 6.07 Å². The van der Waals surface area contributed by atoms with E-state index >= 15 is 0 Å². The van der Waals surface area contributed by atoms with Crippen LogP contribution in [0.15, 0.2) is 47.5 Å². The Morgan fingerprint density at radius 2 is 2.04 bits per heavy atom. The van der Waals surface area contributed by atoms with Crippen LogP contribution in [0.1, 0.15) is 17.5 Å². The van der Waals surface area contributed by atoms with E-state index < -0.39 is 0 Å². The molecular weight excluding hydrogens is 341 g/mol. The quantitative estimate of drug-likeness (QED) is 0.898. The van der Waals surface area contributed by atoms with Crippen LogP contribution >= 0.6 is 11.6 Å². The van der Waals surface area contributed by atoms with E-state index in [0.29, 0.717) is 21.9 Å². The molecular formula is C19H17ClFN3O. The Hall–Kier alpha value is -2.24. The molecule has 2 aliphatic rings. The van der Waals surface area contributed by atoms with Gasteiger partial charge in [0.15, 0.2) is 0 Å². The normalized spacial score (nSPS) is 20.2. The first kappa shape index (κ1) is 16.2. The first-order valence-corrected chi connectivity index (χ1v) is 8.65. The second-order valence-corrected chi connectivity index (χ2v) is 6.65. The van der Waals surface area contributed by atoms with Crippen molar-refractivity contribution in [2.24, 2.45) is 4.99 Å². The number of benzodiazepines with no additional fused rings is 1. The molecule has 128 valence electrons. The summed E-state index contributed by atoms with van der Waals surface area (Å²) in [4.78, 5) is 19.0. The Bertz CT molecular complexity index is 861. The third-order valence-electron chi connectivity index (χ3n) is 4.64. The minimum absolute atomic E-state index is 0.00747. The maximum absolute atomic E-state index is 14.4. The molecule has 0 aromatic heterocycles. The third-order valence-corrected chi connectivity index (χ3v) is 4.88. The lowest BCUT2D eigenvalue weighted by molar-refractivity contribution is -0.117. The topological polar surface area (TPSA) is 44.7 Å². The van der Waals surface area contributed by atoms with Crippen LogP contribution in [0.2, 0.25) is 5.02 Å². The van der Waals surface area contributed by atoms with Crippen LogP contribution in [0, 0.1) is 5.82 Å². The summed E-state index contributed by atoms with van der Waals surface area (Å²) in [6, 6.07) is 11.9. The lowest BCUT2D eigenvalue weighted by Crippen LogP contribution is -2.42. The molecule has 1 saturated heterocycles. The average molecular weight is 358 g/mol. The van der Waals surface area contributed by atoms with Crippen molar-refractivity contribution in [3.63, 3.8) is 0 Å². The summed E-state index contributed by atoms with van der Waals surface area (Å²) >= 11 is 6.20. The van der Waals surface area contributed by atoms with Crippen LogP contribution in [0.25, 0.3) is 0 Å². The summed E-state index contributed by atoms with van der Waals surface area (Å²) < 4.78 is 14.4. The Kier molecular flexibility index (Phi) is 4.27. The van der Waals surface area contributed by atoms with Gasteiger partial charge in [-0.3, -0.25) is 9.79 Å². The third kappa shape index (κ3) is 2.94. The van der Waals surface area contributed by atoms with Crippen LogP contribution in [0.5, 0.6) is 0 Å². The summed E-state index contributed by atoms with van der Waals surface area (Å²) in [5, 5.41) is 3.82. The smallest absolute Gasteiger partial charge is 0.248 e. The van der Waals surface area contributed by atoms with Crippen molar-refractivity contribution in [1.29, 1.82) is 0 Å². The van der Waals surface area contributed by atoms with Gasteiger partial charge < -0.3 is 10.2 Å². The highest BCUT2D eigenvalue weighted by Crippen LogP contribution is 2.32. The van der Waals surface area contributed by atoms with Crippen molar-refractivity contribution in [2.75, 3.05) is 24.5 Å². The van der Waals surface area contributed by atoms with E-state index in [4.69, 9.17) is 11.6 Å². The zero-order valence-electron chi connectivity index (χ0n) is 13.5. The van der Waals surface area contributed by atoms with Gasteiger partial charge in [-0.05, 0) is 43.3 Å². The van der Waals surface area contributed by atoms with Gasteiger partial charge in [0.1, 0.15) is 12.4 Å². The minimum atomic E-state index is -0.365. The lowest BCUT2D eigenvalue weighted by atomic mass is 9.99. The number of fused-ring (bicyclic) bond motifs is 1. The summed E-state index contributed by atoms with van der Waals surface area (Å²) in [6.07, 6.45) is 0.878. The number of hydrogen-bond acceptors (Lipinski definition) is 3. The zero-order chi connectivity index (χ0) is 17.4. The molecule has 0 aliphatic carbocycles. The number of aliphatic imine (C=N–C) groups is 1. The van der Waals surface area contributed by atoms with Gasteiger partial charge in [-0.1, -0.05) is 23.7 Å². The van der Waals surface area contributed by atoms with Crippen LogP contribution in [0.3, 0.4) is 0 Å². The number of amides is 1. The molecule has 1 atom stereocenters. The molecule has 2 aromatic carbocycles. The van der Waals surface area contributed by atoms with E-state index in [9.17, 15) is 9.18 Å². The summed E-state index contributed by atoms with van der Waals surface area (Å²) in [5.74, 6) is -0.445. The van der Waals surface area contributed by atoms with Crippen molar-refractivity contribution in [2.45, 2.75) is 12.5 Å². The van der Waals surface area contributed by atoms with Crippen molar-refractivity contribution >= 4 is 28.9 Å². The molecule has 0 bridgehead atoms. The standard InChI is InChI=1S/C19H17ClFN3O/c20-12-5-6-17-15(9-12)19(14-3-1-2-4-16(14)21)23-11-18(25)24(17)13-7-8-22-10-13/h1-6,9,13,22H,7-8,10-11H2. The predicted molar refractivity (Wildman–Crippen MR) is 97.1 cm³/mol. The Labute approximate surface area is 150 Å². The summed E-state index contributed by atoms with van der Waals surface area (Å²) in [7, 11) is 0. The van der Waals surface area contributed by atoms with Gasteiger partial charge in [0.25, 0.3) is 0 Å². The average Bonchev–Trinajstić information content (AvgIpc) is 3.08. The van der Waals surface area contributed by atoms with Gasteiger partial charge in [0.2, 0.25) is 5.91 Å². The number of anilines is 1. The van der Waals surface area contributed by atoms with Crippen molar-refractivity contribution in [3.05, 3.63) is 64.4 Å². The molecule has 0 saturated carbocycles. The molecule has 4 nitrogen and oxygen atoms in total. The molecule has 4 rings (SSSR count). The van der Waals surface area contributed by atoms with Crippen molar-refractivity contribution in [1.82, 2.24) is 5.32 Å². The number of rotatable bonds is 2. The monoisotopic (exact) mass is 357 g/mol. The number of carbonyl (C=O) groups excluding carboxylic acids is 1. The Morgan fingerprint density at radius 3 is 2.80 bits per heavy atom. The Morgan fingerprint density at radius 1 is 1.20 bits per heavy atom. The second kappa shape index (κ2) is 6.58. The highest BCUT2D eigenvalue weighted by molar-refractivity contribution is 6.32. The first-order valence-electron chi connectivity index (χ1n) is 8.27. The van der Waals surface area contributed by atoms with Crippen molar-refractivity contribution in [3.8, 4) is 0 Å². The number of nitrogens with one attached hydrogen (secondary N) is 1. The number of nitrogens with zero attached hydrogens (tertiary/aromatic N) is 2. The molecule has 25 heavy (non-hydrogen) atoms. The van der Waals surface area contributed by atoms with Gasteiger partial charge in [-0.2, -0.15) is 0 Å². The number of carbonyl (C=O) groups is 1. The fraction of sp³-hybridized carbons (Fsp3) is 0.263. The molecule has 2 aromatic rings. The van der Waals surface area contributed by atoms with Crippen molar-refractivity contribution < 1.29 is 9.18 Å². The van der Waals surface area contributed by atoms with Crippen LogP contribution in [-0.2, 0) is 4.79 Å². The molecule has 1 N–H and O–H groups in total. The largest absolute Gasteiger partial charge is 0.315 e. The van der Waals surface area contributed by atoms with Crippen LogP contribution in [0.4, 0.5) is 10.1 Å². The SMILES string of the molecule is O=C1CN=C(c2ccccc2F)c2cc(Cl)ccc2N1C1CCNC1. The molecule has 2 heterocycles. The zero-order valence-corrected chi connectivity index (χ0v) is 14.3. The molecule has 0 spiro atoms. The van der Waals surface area contributed by atoms with Crippen LogP contribution < -0.4 is 10.2 Å². The number of benzene rings is 2. The molecule has 2 aliphatic heterocycles. The summed E-state index contributed by atoms with van der Waals surface area (Å²) in [6.45, 7) is 1.60. The van der Waals surface area contributed by atoms with E-state index in [2.05, 4.69) is 10.3 Å². The van der Waals surface area contributed by atoms with Crippen LogP contribution in [-0.4, -0.2) is 37.3 Å². The van der Waals surface area contributed by atoms with Gasteiger partial charge in [-0.15, -0.1) is 0 Å². The van der Waals surface area contributed by atoms with Gasteiger partial charge in [0, 0.05) is 22.7 Å². The fourth-order valence-electron chi connectivity index (χ4n) is 3.49. The highest BCUT2D eigenvalue weighted by Gasteiger charge is 2.32. The lowest BCUT2D eigenvalue weighted by Gasteiger charge is -2.28. The van der Waals surface area contributed by atoms with E-state index in [-0.39, 0.29) is 24.3 Å². The number of hydrogen-bond donors (Lipinski definition) is 1. The van der Waals surface area contributed by atoms with Gasteiger partial charge in [-0.25, -0.2) is 4.39 Å². The maximum Gasteiger partial charge on any atom is 0.248 e. The first-order chi connectivity index (χ1) is 12.1.